The van der Waals surface area contributed by atoms with Crippen molar-refractivity contribution in [3.05, 3.63) is 23.8 Å². The van der Waals surface area contributed by atoms with Crippen LogP contribution in [0, 0.1) is 0 Å². The van der Waals surface area contributed by atoms with Crippen LogP contribution in [0.2, 0.25) is 0 Å². The van der Waals surface area contributed by atoms with Crippen molar-refractivity contribution in [2.24, 2.45) is 0 Å². The van der Waals surface area contributed by atoms with E-state index in [0.717, 1.165) is 17.3 Å². The number of ether oxygens (including phenoxy) is 2. The normalized spacial score (nSPS) is 12.6. The molecule has 0 radical (unpaired) electrons. The molecule has 1 atom stereocenters. The lowest BCUT2D eigenvalue weighted by Crippen LogP contribution is -2.19. The fourth-order valence-electron chi connectivity index (χ4n) is 1.67. The molecule has 0 saturated heterocycles. The van der Waals surface area contributed by atoms with E-state index in [-0.39, 0.29) is 0 Å². The predicted molar refractivity (Wildman–Crippen MR) is 78.9 cm³/mol. The standard InChI is InChI=1S/C14H23NO2S/c1-10(2)18-9-14(15-3)11-6-12(16-4)8-13(7-11)17-5/h6-8,10,14-15H,9H2,1-5H3. The Bertz CT molecular complexity index is 347. The monoisotopic (exact) mass is 269 g/mol. The Labute approximate surface area is 114 Å². The molecule has 0 spiro atoms. The Kier molecular flexibility index (Phi) is 6.36. The van der Waals surface area contributed by atoms with Crippen LogP contribution in [0.15, 0.2) is 18.2 Å². The summed E-state index contributed by atoms with van der Waals surface area (Å²) in [7, 11) is 5.34. The molecular formula is C14H23NO2S. The van der Waals surface area contributed by atoms with Crippen LogP contribution < -0.4 is 14.8 Å². The van der Waals surface area contributed by atoms with Crippen LogP contribution in [-0.4, -0.2) is 32.3 Å². The van der Waals surface area contributed by atoms with Gasteiger partial charge in [0.1, 0.15) is 11.5 Å². The minimum Gasteiger partial charge on any atom is -0.497 e. The highest BCUT2D eigenvalue weighted by molar-refractivity contribution is 7.99. The number of rotatable bonds is 7. The van der Waals surface area contributed by atoms with E-state index < -0.39 is 0 Å². The van der Waals surface area contributed by atoms with E-state index in [1.165, 1.54) is 5.56 Å². The highest BCUT2D eigenvalue weighted by atomic mass is 32.2. The molecule has 1 aromatic rings. The van der Waals surface area contributed by atoms with Gasteiger partial charge in [-0.1, -0.05) is 13.8 Å². The van der Waals surface area contributed by atoms with Gasteiger partial charge < -0.3 is 14.8 Å². The lowest BCUT2D eigenvalue weighted by atomic mass is 10.1. The third kappa shape index (κ3) is 4.42. The lowest BCUT2D eigenvalue weighted by molar-refractivity contribution is 0.392. The zero-order chi connectivity index (χ0) is 13.5. The van der Waals surface area contributed by atoms with Crippen LogP contribution in [0.3, 0.4) is 0 Å². The lowest BCUT2D eigenvalue weighted by Gasteiger charge is -2.19. The summed E-state index contributed by atoms with van der Waals surface area (Å²) in [6.07, 6.45) is 0. The van der Waals surface area contributed by atoms with Crippen LogP contribution in [-0.2, 0) is 0 Å². The van der Waals surface area contributed by atoms with E-state index in [1.807, 2.05) is 24.9 Å². The zero-order valence-corrected chi connectivity index (χ0v) is 12.6. The molecule has 102 valence electrons. The van der Waals surface area contributed by atoms with E-state index >= 15 is 0 Å². The molecule has 1 rings (SSSR count). The molecule has 1 N–H and O–H groups in total. The van der Waals surface area contributed by atoms with Crippen molar-refractivity contribution in [1.82, 2.24) is 5.32 Å². The first-order valence-electron chi connectivity index (χ1n) is 6.12. The second-order valence-corrected chi connectivity index (χ2v) is 5.98. The second-order valence-electron chi connectivity index (χ2n) is 4.37. The van der Waals surface area contributed by atoms with Crippen molar-refractivity contribution in [2.45, 2.75) is 25.1 Å². The van der Waals surface area contributed by atoms with E-state index in [0.29, 0.717) is 11.3 Å². The summed E-state index contributed by atoms with van der Waals surface area (Å²) in [5.74, 6) is 2.70. The first kappa shape index (κ1) is 15.2. The molecule has 4 heteroatoms. The fraction of sp³-hybridized carbons (Fsp3) is 0.571. The molecule has 0 amide bonds. The first-order chi connectivity index (χ1) is 8.60. The van der Waals surface area contributed by atoms with Crippen molar-refractivity contribution in [2.75, 3.05) is 27.0 Å². The van der Waals surface area contributed by atoms with Crippen molar-refractivity contribution < 1.29 is 9.47 Å². The van der Waals surface area contributed by atoms with Crippen LogP contribution >= 0.6 is 11.8 Å². The van der Waals surface area contributed by atoms with Gasteiger partial charge in [0.2, 0.25) is 0 Å². The third-order valence-corrected chi connectivity index (χ3v) is 3.91. The van der Waals surface area contributed by atoms with Gasteiger partial charge in [0.15, 0.2) is 0 Å². The van der Waals surface area contributed by atoms with E-state index in [1.54, 1.807) is 14.2 Å². The van der Waals surface area contributed by atoms with Gasteiger partial charge in [0.25, 0.3) is 0 Å². The Morgan fingerprint density at radius 3 is 2.06 bits per heavy atom. The largest absolute Gasteiger partial charge is 0.497 e. The molecule has 0 aliphatic heterocycles. The van der Waals surface area contributed by atoms with Crippen molar-refractivity contribution in [3.63, 3.8) is 0 Å². The molecule has 0 fully saturated rings. The second kappa shape index (κ2) is 7.54. The summed E-state index contributed by atoms with van der Waals surface area (Å²) in [4.78, 5) is 0. The van der Waals surface area contributed by atoms with Gasteiger partial charge in [-0.2, -0.15) is 11.8 Å². The SMILES string of the molecule is CNC(CSC(C)C)c1cc(OC)cc(OC)c1. The average molecular weight is 269 g/mol. The van der Waals surface area contributed by atoms with Crippen molar-refractivity contribution in [3.8, 4) is 11.5 Å². The van der Waals surface area contributed by atoms with E-state index in [4.69, 9.17) is 9.47 Å². The number of benzene rings is 1. The molecule has 0 bridgehead atoms. The minimum absolute atomic E-state index is 0.307. The molecule has 1 aromatic carbocycles. The van der Waals surface area contributed by atoms with Gasteiger partial charge >= 0.3 is 0 Å². The molecule has 0 aliphatic carbocycles. The summed E-state index contributed by atoms with van der Waals surface area (Å²) in [6, 6.07) is 6.32. The molecule has 18 heavy (non-hydrogen) atoms. The molecule has 0 aliphatic rings. The molecule has 0 aromatic heterocycles. The Morgan fingerprint density at radius 2 is 1.67 bits per heavy atom. The summed E-state index contributed by atoms with van der Waals surface area (Å²) < 4.78 is 10.6. The van der Waals surface area contributed by atoms with Crippen molar-refractivity contribution >= 4 is 11.8 Å². The van der Waals surface area contributed by atoms with Gasteiger partial charge in [0, 0.05) is 17.9 Å². The number of hydrogen-bond donors (Lipinski definition) is 1. The maximum atomic E-state index is 5.30. The highest BCUT2D eigenvalue weighted by Crippen LogP contribution is 2.28. The van der Waals surface area contributed by atoms with Gasteiger partial charge in [-0.25, -0.2) is 0 Å². The Morgan fingerprint density at radius 1 is 1.11 bits per heavy atom. The third-order valence-electron chi connectivity index (χ3n) is 2.72. The maximum Gasteiger partial charge on any atom is 0.122 e. The molecule has 1 unspecified atom stereocenters. The Balaban J connectivity index is 2.89. The van der Waals surface area contributed by atoms with E-state index in [2.05, 4.69) is 31.3 Å². The van der Waals surface area contributed by atoms with Gasteiger partial charge in [-0.15, -0.1) is 0 Å². The van der Waals surface area contributed by atoms with Gasteiger partial charge in [-0.3, -0.25) is 0 Å². The summed E-state index contributed by atoms with van der Waals surface area (Å²) in [5.41, 5.74) is 1.20. The highest BCUT2D eigenvalue weighted by Gasteiger charge is 2.13. The number of hydrogen-bond acceptors (Lipinski definition) is 4. The molecule has 3 nitrogen and oxygen atoms in total. The molecular weight excluding hydrogens is 246 g/mol. The average Bonchev–Trinajstić information content (AvgIpc) is 2.38. The minimum atomic E-state index is 0.307. The first-order valence-corrected chi connectivity index (χ1v) is 7.17. The van der Waals surface area contributed by atoms with Crippen molar-refractivity contribution in [1.29, 1.82) is 0 Å². The zero-order valence-electron chi connectivity index (χ0n) is 11.8. The number of methoxy groups -OCH3 is 2. The molecule has 0 heterocycles. The van der Waals surface area contributed by atoms with Crippen LogP contribution in [0.4, 0.5) is 0 Å². The fourth-order valence-corrected chi connectivity index (χ4v) is 2.60. The number of nitrogens with one attached hydrogen (secondary N) is 1. The van der Waals surface area contributed by atoms with Gasteiger partial charge in [-0.05, 0) is 30.0 Å². The number of thioether (sulfide) groups is 1. The quantitative estimate of drug-likeness (QED) is 0.824. The summed E-state index contributed by atoms with van der Waals surface area (Å²) in [6.45, 7) is 4.42. The van der Waals surface area contributed by atoms with Crippen LogP contribution in [0.25, 0.3) is 0 Å². The van der Waals surface area contributed by atoms with Gasteiger partial charge in [0.05, 0.1) is 14.2 Å². The maximum absolute atomic E-state index is 5.30. The molecule has 0 saturated carbocycles. The van der Waals surface area contributed by atoms with E-state index in [9.17, 15) is 0 Å². The van der Waals surface area contributed by atoms with Crippen LogP contribution in [0.5, 0.6) is 11.5 Å². The Hall–Kier alpha value is -0.870. The smallest absolute Gasteiger partial charge is 0.122 e. The van der Waals surface area contributed by atoms with Crippen LogP contribution in [0.1, 0.15) is 25.5 Å². The predicted octanol–water partition coefficient (Wildman–Crippen LogP) is 3.11. The summed E-state index contributed by atoms with van der Waals surface area (Å²) in [5, 5.41) is 3.98. The topological polar surface area (TPSA) is 30.5 Å². The summed E-state index contributed by atoms with van der Waals surface area (Å²) >= 11 is 1.94.